The van der Waals surface area contributed by atoms with Crippen molar-refractivity contribution in [2.75, 3.05) is 11.9 Å². The fraction of sp³-hybridized carbons (Fsp3) is 0.375. The first-order chi connectivity index (χ1) is 10.0. The second-order valence-corrected chi connectivity index (χ2v) is 5.59. The molecule has 0 saturated carbocycles. The van der Waals surface area contributed by atoms with E-state index in [1.165, 1.54) is 6.07 Å². The number of ether oxygens (including phenoxy) is 1. The molecule has 21 heavy (non-hydrogen) atoms. The van der Waals surface area contributed by atoms with Crippen molar-refractivity contribution in [3.05, 3.63) is 48.0 Å². The van der Waals surface area contributed by atoms with E-state index in [9.17, 15) is 13.2 Å². The highest BCUT2D eigenvalue weighted by Gasteiger charge is 2.41. The Balaban J connectivity index is 2.21. The normalized spacial score (nSPS) is 13.5. The zero-order valence-corrected chi connectivity index (χ0v) is 13.0. The number of hydrogen-bond donors (Lipinski definition) is 0. The van der Waals surface area contributed by atoms with Crippen molar-refractivity contribution in [1.82, 2.24) is 0 Å². The van der Waals surface area contributed by atoms with Crippen LogP contribution < -0.4 is 0 Å². The number of halogens is 4. The molecule has 114 valence electrons. The van der Waals surface area contributed by atoms with Crippen LogP contribution in [0.25, 0.3) is 10.8 Å². The molecule has 0 aliphatic heterocycles. The van der Waals surface area contributed by atoms with Gasteiger partial charge in [-0.25, -0.2) is 0 Å². The molecule has 0 N–H and O–H groups in total. The molecule has 1 nitrogen and oxygen atoms in total. The maximum Gasteiger partial charge on any atom is 0.418 e. The van der Waals surface area contributed by atoms with Crippen LogP contribution in [0.4, 0.5) is 13.2 Å². The smallest absolute Gasteiger partial charge is 0.364 e. The minimum absolute atomic E-state index is 0.0998. The summed E-state index contributed by atoms with van der Waals surface area (Å²) in [5, 5.41) is 2.47. The lowest BCUT2D eigenvalue weighted by atomic mass is 10.0. The summed E-state index contributed by atoms with van der Waals surface area (Å²) >= 11 is 3.25. The van der Waals surface area contributed by atoms with E-state index in [-0.39, 0.29) is 12.2 Å². The Labute approximate surface area is 130 Å². The van der Waals surface area contributed by atoms with Gasteiger partial charge in [-0.1, -0.05) is 52.3 Å². The molecule has 1 atom stereocenters. The fourth-order valence-electron chi connectivity index (χ4n) is 2.15. The summed E-state index contributed by atoms with van der Waals surface area (Å²) in [7, 11) is 0. The first-order valence-corrected chi connectivity index (χ1v) is 7.87. The molecule has 5 heteroatoms. The number of benzene rings is 2. The average molecular weight is 361 g/mol. The second-order valence-electron chi connectivity index (χ2n) is 4.80. The van der Waals surface area contributed by atoms with Crippen molar-refractivity contribution in [3.8, 4) is 0 Å². The first kappa shape index (κ1) is 16.3. The van der Waals surface area contributed by atoms with E-state index >= 15 is 0 Å². The van der Waals surface area contributed by atoms with E-state index in [2.05, 4.69) is 15.9 Å². The Bertz CT molecular complexity index is 583. The molecule has 2 rings (SSSR count). The van der Waals surface area contributed by atoms with Crippen molar-refractivity contribution in [2.45, 2.75) is 25.1 Å². The third-order valence-electron chi connectivity index (χ3n) is 3.19. The molecule has 0 bridgehead atoms. The molecular weight excluding hydrogens is 345 g/mol. The van der Waals surface area contributed by atoms with E-state index in [0.29, 0.717) is 6.42 Å². The van der Waals surface area contributed by atoms with Gasteiger partial charge in [0.1, 0.15) is 0 Å². The van der Waals surface area contributed by atoms with Crippen LogP contribution in [0.2, 0.25) is 0 Å². The highest BCUT2D eigenvalue weighted by molar-refractivity contribution is 9.09. The van der Waals surface area contributed by atoms with E-state index < -0.39 is 12.3 Å². The van der Waals surface area contributed by atoms with Crippen LogP contribution in [0.3, 0.4) is 0 Å². The molecule has 0 saturated heterocycles. The predicted octanol–water partition coefficient (Wildman–Crippen LogP) is 5.63. The Kier molecular flexibility index (Phi) is 5.65. The third-order valence-corrected chi connectivity index (χ3v) is 3.75. The van der Waals surface area contributed by atoms with Crippen LogP contribution in [0.5, 0.6) is 0 Å². The zero-order valence-electron chi connectivity index (χ0n) is 11.4. The van der Waals surface area contributed by atoms with Gasteiger partial charge in [-0.3, -0.25) is 0 Å². The molecule has 0 radical (unpaired) electrons. The van der Waals surface area contributed by atoms with Gasteiger partial charge in [0.2, 0.25) is 0 Å². The number of fused-ring (bicyclic) bond motifs is 1. The SMILES string of the molecule is FC(F)(F)C(OCCCCBr)c1ccc2ccccc2c1. The summed E-state index contributed by atoms with van der Waals surface area (Å²) in [5.41, 5.74) is 0.153. The lowest BCUT2D eigenvalue weighted by Crippen LogP contribution is -2.24. The summed E-state index contributed by atoms with van der Waals surface area (Å²) in [6, 6.07) is 12.1. The Morgan fingerprint density at radius 1 is 1.00 bits per heavy atom. The molecule has 0 aliphatic carbocycles. The van der Waals surface area contributed by atoms with E-state index in [1.807, 2.05) is 18.2 Å². The highest BCUT2D eigenvalue weighted by atomic mass is 79.9. The van der Waals surface area contributed by atoms with Gasteiger partial charge >= 0.3 is 6.18 Å². The molecule has 0 heterocycles. The summed E-state index contributed by atoms with van der Waals surface area (Å²) in [6.07, 6.45) is -4.87. The lowest BCUT2D eigenvalue weighted by Gasteiger charge is -2.21. The van der Waals surface area contributed by atoms with Crippen molar-refractivity contribution in [2.24, 2.45) is 0 Å². The Hall–Kier alpha value is -1.07. The lowest BCUT2D eigenvalue weighted by molar-refractivity contribution is -0.224. The summed E-state index contributed by atoms with van der Waals surface area (Å²) in [4.78, 5) is 0. The number of unbranched alkanes of at least 4 members (excludes halogenated alkanes) is 1. The molecule has 1 unspecified atom stereocenters. The summed E-state index contributed by atoms with van der Waals surface area (Å²) < 4.78 is 44.6. The van der Waals surface area contributed by atoms with E-state index in [0.717, 1.165) is 22.5 Å². The zero-order chi connectivity index (χ0) is 15.3. The molecule has 2 aromatic rings. The van der Waals surface area contributed by atoms with Crippen molar-refractivity contribution in [3.63, 3.8) is 0 Å². The minimum atomic E-state index is -4.41. The van der Waals surface area contributed by atoms with Crippen LogP contribution >= 0.6 is 15.9 Å². The molecule has 0 amide bonds. The van der Waals surface area contributed by atoms with Crippen LogP contribution in [-0.2, 0) is 4.74 Å². The number of alkyl halides is 4. The van der Waals surface area contributed by atoms with Crippen LogP contribution in [0, 0.1) is 0 Å². The number of hydrogen-bond acceptors (Lipinski definition) is 1. The number of rotatable bonds is 6. The van der Waals surface area contributed by atoms with Gasteiger partial charge in [-0.2, -0.15) is 13.2 Å². The van der Waals surface area contributed by atoms with Gasteiger partial charge in [-0.05, 0) is 35.2 Å². The molecule has 0 aromatic heterocycles. The fourth-order valence-corrected chi connectivity index (χ4v) is 2.54. The predicted molar refractivity (Wildman–Crippen MR) is 81.7 cm³/mol. The van der Waals surface area contributed by atoms with Crippen molar-refractivity contribution < 1.29 is 17.9 Å². The quantitative estimate of drug-likeness (QED) is 0.478. The monoisotopic (exact) mass is 360 g/mol. The average Bonchev–Trinajstić information content (AvgIpc) is 2.45. The van der Waals surface area contributed by atoms with Gasteiger partial charge in [0.15, 0.2) is 6.10 Å². The first-order valence-electron chi connectivity index (χ1n) is 6.75. The highest BCUT2D eigenvalue weighted by Crippen LogP contribution is 2.37. The largest absolute Gasteiger partial charge is 0.418 e. The minimum Gasteiger partial charge on any atom is -0.364 e. The topological polar surface area (TPSA) is 9.23 Å². The molecular formula is C16H16BrF3O. The maximum atomic E-state index is 13.2. The Morgan fingerprint density at radius 2 is 1.71 bits per heavy atom. The van der Waals surface area contributed by atoms with Crippen LogP contribution in [0.1, 0.15) is 24.5 Å². The van der Waals surface area contributed by atoms with Gasteiger partial charge < -0.3 is 4.74 Å². The van der Waals surface area contributed by atoms with Gasteiger partial charge in [0.05, 0.1) is 0 Å². The summed E-state index contributed by atoms with van der Waals surface area (Å²) in [5.74, 6) is 0. The van der Waals surface area contributed by atoms with Gasteiger partial charge in [0.25, 0.3) is 0 Å². The Morgan fingerprint density at radius 3 is 2.38 bits per heavy atom. The van der Waals surface area contributed by atoms with Gasteiger partial charge in [-0.15, -0.1) is 0 Å². The van der Waals surface area contributed by atoms with Crippen molar-refractivity contribution >= 4 is 26.7 Å². The van der Waals surface area contributed by atoms with Crippen LogP contribution in [0.15, 0.2) is 42.5 Å². The standard InChI is InChI=1S/C16H16BrF3O/c17-9-3-4-10-21-15(16(18,19)20)14-8-7-12-5-1-2-6-13(12)11-14/h1-2,5-8,11,15H,3-4,9-10H2. The van der Waals surface area contributed by atoms with E-state index in [4.69, 9.17) is 4.74 Å². The molecule has 0 aliphatic rings. The maximum absolute atomic E-state index is 13.2. The second kappa shape index (κ2) is 7.27. The summed E-state index contributed by atoms with van der Waals surface area (Å²) in [6.45, 7) is 0.0998. The molecule has 0 spiro atoms. The van der Waals surface area contributed by atoms with Crippen molar-refractivity contribution in [1.29, 1.82) is 0 Å². The molecule has 0 fully saturated rings. The van der Waals surface area contributed by atoms with E-state index in [1.54, 1.807) is 18.2 Å². The van der Waals surface area contributed by atoms with Gasteiger partial charge in [0, 0.05) is 11.9 Å². The third kappa shape index (κ3) is 4.45. The molecule has 2 aromatic carbocycles. The van der Waals surface area contributed by atoms with Crippen LogP contribution in [-0.4, -0.2) is 18.1 Å².